The predicted molar refractivity (Wildman–Crippen MR) is 76.9 cm³/mol. The summed E-state index contributed by atoms with van der Waals surface area (Å²) in [6.07, 6.45) is 1.70. The van der Waals surface area contributed by atoms with Crippen LogP contribution in [0.2, 0.25) is 5.02 Å². The summed E-state index contributed by atoms with van der Waals surface area (Å²) >= 11 is 5.89. The molecular weight excluding hydrogens is 297 g/mol. The molecule has 6 heteroatoms. The van der Waals surface area contributed by atoms with Gasteiger partial charge in [0.1, 0.15) is 5.82 Å². The average Bonchev–Trinajstić information content (AvgIpc) is 2.84. The number of amides is 1. The van der Waals surface area contributed by atoms with E-state index in [-0.39, 0.29) is 23.0 Å². The number of carboxylic acid groups (broad SMARTS) is 1. The number of nitrogens with zero attached hydrogens (tertiary/aromatic N) is 1. The van der Waals surface area contributed by atoms with Crippen LogP contribution in [0.25, 0.3) is 0 Å². The molecule has 21 heavy (non-hydrogen) atoms. The van der Waals surface area contributed by atoms with Crippen molar-refractivity contribution in [2.24, 2.45) is 5.41 Å². The van der Waals surface area contributed by atoms with Crippen LogP contribution in [-0.2, 0) is 4.79 Å². The standard InChI is InChI=1S/C15H17ClFNO3/c1-2-5-15(14(20)21)6-7-18(9-15)13(19)11-4-3-10(17)8-12(11)16/h3-4,8H,2,5-7,9H2,1H3,(H,20,21). The average molecular weight is 314 g/mol. The molecule has 1 saturated heterocycles. The van der Waals surface area contributed by atoms with Gasteiger partial charge in [-0.15, -0.1) is 0 Å². The smallest absolute Gasteiger partial charge is 0.311 e. The zero-order valence-corrected chi connectivity index (χ0v) is 12.5. The summed E-state index contributed by atoms with van der Waals surface area (Å²) in [5, 5.41) is 9.49. The molecule has 0 radical (unpaired) electrons. The summed E-state index contributed by atoms with van der Waals surface area (Å²) in [6.45, 7) is 2.47. The second-order valence-corrected chi connectivity index (χ2v) is 5.84. The zero-order chi connectivity index (χ0) is 15.6. The molecule has 1 amide bonds. The number of benzene rings is 1. The largest absolute Gasteiger partial charge is 0.481 e. The molecule has 1 aromatic carbocycles. The van der Waals surface area contributed by atoms with Crippen molar-refractivity contribution in [1.82, 2.24) is 4.90 Å². The fourth-order valence-electron chi connectivity index (χ4n) is 2.84. The highest BCUT2D eigenvalue weighted by Crippen LogP contribution is 2.36. The van der Waals surface area contributed by atoms with Crippen LogP contribution in [0.3, 0.4) is 0 Å². The third kappa shape index (κ3) is 3.02. The first-order chi connectivity index (χ1) is 9.89. The van der Waals surface area contributed by atoms with Crippen molar-refractivity contribution in [3.8, 4) is 0 Å². The van der Waals surface area contributed by atoms with E-state index in [2.05, 4.69) is 0 Å². The minimum atomic E-state index is -0.878. The highest BCUT2D eigenvalue weighted by Gasteiger charge is 2.45. The maximum atomic E-state index is 13.0. The summed E-state index contributed by atoms with van der Waals surface area (Å²) in [5.74, 6) is -1.73. The zero-order valence-electron chi connectivity index (χ0n) is 11.7. The molecule has 1 aromatic rings. The normalized spacial score (nSPS) is 21.6. The number of carboxylic acids is 1. The van der Waals surface area contributed by atoms with Gasteiger partial charge in [0.2, 0.25) is 0 Å². The van der Waals surface area contributed by atoms with E-state index in [0.717, 1.165) is 12.5 Å². The maximum absolute atomic E-state index is 13.0. The van der Waals surface area contributed by atoms with E-state index >= 15 is 0 Å². The molecule has 1 aliphatic rings. The van der Waals surface area contributed by atoms with Crippen LogP contribution >= 0.6 is 11.6 Å². The van der Waals surface area contributed by atoms with E-state index in [1.54, 1.807) is 0 Å². The Hall–Kier alpha value is -1.62. The van der Waals surface area contributed by atoms with Gasteiger partial charge in [-0.25, -0.2) is 4.39 Å². The number of hydrogen-bond donors (Lipinski definition) is 1. The van der Waals surface area contributed by atoms with Crippen LogP contribution < -0.4 is 0 Å². The van der Waals surface area contributed by atoms with E-state index in [0.29, 0.717) is 19.4 Å². The van der Waals surface area contributed by atoms with Crippen molar-refractivity contribution in [1.29, 1.82) is 0 Å². The second-order valence-electron chi connectivity index (χ2n) is 5.44. The first-order valence-electron chi connectivity index (χ1n) is 6.87. The van der Waals surface area contributed by atoms with Gasteiger partial charge in [0.15, 0.2) is 0 Å². The molecule has 1 unspecified atom stereocenters. The molecule has 1 heterocycles. The van der Waals surface area contributed by atoms with Gasteiger partial charge in [-0.2, -0.15) is 0 Å². The number of aliphatic carboxylic acids is 1. The SMILES string of the molecule is CCCC1(C(=O)O)CCN(C(=O)c2ccc(F)cc2Cl)C1. The van der Waals surface area contributed by atoms with Gasteiger partial charge in [-0.3, -0.25) is 9.59 Å². The summed E-state index contributed by atoms with van der Waals surface area (Å²) < 4.78 is 13.0. The number of halogens is 2. The van der Waals surface area contributed by atoms with Crippen LogP contribution in [-0.4, -0.2) is 35.0 Å². The Morgan fingerprint density at radius 1 is 1.48 bits per heavy atom. The van der Waals surface area contributed by atoms with Gasteiger partial charge in [0, 0.05) is 13.1 Å². The van der Waals surface area contributed by atoms with Crippen LogP contribution in [0.4, 0.5) is 4.39 Å². The Morgan fingerprint density at radius 3 is 2.76 bits per heavy atom. The molecule has 1 N–H and O–H groups in total. The van der Waals surface area contributed by atoms with Gasteiger partial charge >= 0.3 is 5.97 Å². The van der Waals surface area contributed by atoms with E-state index in [1.165, 1.54) is 17.0 Å². The topological polar surface area (TPSA) is 57.6 Å². The molecule has 1 fully saturated rings. The molecule has 1 aliphatic heterocycles. The first-order valence-corrected chi connectivity index (χ1v) is 7.25. The van der Waals surface area contributed by atoms with Crippen molar-refractivity contribution in [2.45, 2.75) is 26.2 Å². The minimum Gasteiger partial charge on any atom is -0.481 e. The summed E-state index contributed by atoms with van der Waals surface area (Å²) in [6, 6.07) is 3.59. The lowest BCUT2D eigenvalue weighted by Crippen LogP contribution is -2.37. The van der Waals surface area contributed by atoms with Crippen molar-refractivity contribution < 1.29 is 19.1 Å². The van der Waals surface area contributed by atoms with E-state index < -0.39 is 17.2 Å². The van der Waals surface area contributed by atoms with Crippen LogP contribution in [0.1, 0.15) is 36.5 Å². The van der Waals surface area contributed by atoms with Crippen molar-refractivity contribution in [3.05, 3.63) is 34.6 Å². The molecule has 0 aliphatic carbocycles. The first kappa shape index (κ1) is 15.8. The lowest BCUT2D eigenvalue weighted by molar-refractivity contribution is -0.148. The molecule has 1 atom stereocenters. The van der Waals surface area contributed by atoms with Gasteiger partial charge < -0.3 is 10.0 Å². The van der Waals surface area contributed by atoms with Crippen LogP contribution in [0.15, 0.2) is 18.2 Å². The van der Waals surface area contributed by atoms with Crippen molar-refractivity contribution in [2.75, 3.05) is 13.1 Å². The Labute approximate surface area is 127 Å². The van der Waals surface area contributed by atoms with E-state index in [4.69, 9.17) is 11.6 Å². The lowest BCUT2D eigenvalue weighted by Gasteiger charge is -2.24. The monoisotopic (exact) mass is 313 g/mol. The fourth-order valence-corrected chi connectivity index (χ4v) is 3.09. The predicted octanol–water partition coefficient (Wildman–Crippen LogP) is 3.20. The van der Waals surface area contributed by atoms with Crippen molar-refractivity contribution >= 4 is 23.5 Å². The van der Waals surface area contributed by atoms with Gasteiger partial charge in [-0.1, -0.05) is 24.9 Å². The van der Waals surface area contributed by atoms with Crippen LogP contribution in [0.5, 0.6) is 0 Å². The van der Waals surface area contributed by atoms with Crippen molar-refractivity contribution in [3.63, 3.8) is 0 Å². The Balaban J connectivity index is 2.20. The number of carbonyl (C=O) groups excluding carboxylic acids is 1. The molecular formula is C15H17ClFNO3. The third-order valence-electron chi connectivity index (χ3n) is 3.98. The molecule has 0 saturated carbocycles. The molecule has 2 rings (SSSR count). The number of likely N-dealkylation sites (tertiary alicyclic amines) is 1. The molecule has 0 spiro atoms. The fraction of sp³-hybridized carbons (Fsp3) is 0.467. The molecule has 0 aromatic heterocycles. The summed E-state index contributed by atoms with van der Waals surface area (Å²) in [7, 11) is 0. The van der Waals surface area contributed by atoms with Gasteiger partial charge in [0.05, 0.1) is 16.0 Å². The van der Waals surface area contributed by atoms with E-state index in [9.17, 15) is 19.1 Å². The minimum absolute atomic E-state index is 0.0447. The highest BCUT2D eigenvalue weighted by atomic mass is 35.5. The van der Waals surface area contributed by atoms with Gasteiger partial charge in [0.25, 0.3) is 5.91 Å². The number of hydrogen-bond acceptors (Lipinski definition) is 2. The Kier molecular flexibility index (Phi) is 4.52. The lowest BCUT2D eigenvalue weighted by atomic mass is 9.83. The second kappa shape index (κ2) is 6.02. The highest BCUT2D eigenvalue weighted by molar-refractivity contribution is 6.33. The van der Waals surface area contributed by atoms with E-state index in [1.807, 2.05) is 6.92 Å². The third-order valence-corrected chi connectivity index (χ3v) is 4.30. The quantitative estimate of drug-likeness (QED) is 0.928. The molecule has 114 valence electrons. The molecule has 0 bridgehead atoms. The summed E-state index contributed by atoms with van der Waals surface area (Å²) in [5.41, 5.74) is -0.674. The van der Waals surface area contributed by atoms with Crippen LogP contribution in [0, 0.1) is 11.2 Å². The molecule has 4 nitrogen and oxygen atoms in total. The Morgan fingerprint density at radius 2 is 2.19 bits per heavy atom. The number of rotatable bonds is 4. The van der Waals surface area contributed by atoms with Gasteiger partial charge in [-0.05, 0) is 31.0 Å². The Bertz CT molecular complexity index is 578. The maximum Gasteiger partial charge on any atom is 0.311 e. The summed E-state index contributed by atoms with van der Waals surface area (Å²) in [4.78, 5) is 25.4. The number of carbonyl (C=O) groups is 2.